The Morgan fingerprint density at radius 2 is 2.12 bits per heavy atom. The molecule has 2 aromatic heterocycles. The van der Waals surface area contributed by atoms with Gasteiger partial charge in [-0.3, -0.25) is 4.90 Å². The van der Waals surface area contributed by atoms with Gasteiger partial charge in [-0.1, -0.05) is 17.3 Å². The van der Waals surface area contributed by atoms with E-state index in [4.69, 9.17) is 10.3 Å². The number of hydrogen-bond acceptors (Lipinski definition) is 7. The molecule has 1 atom stereocenters. The van der Waals surface area contributed by atoms with Crippen molar-refractivity contribution in [1.29, 1.82) is 0 Å². The summed E-state index contributed by atoms with van der Waals surface area (Å²) in [5.41, 5.74) is 6.97. The van der Waals surface area contributed by atoms with E-state index >= 15 is 0 Å². The molecule has 0 amide bonds. The maximum Gasteiger partial charge on any atom is 0.231 e. The Balaban J connectivity index is 1.52. The number of anilines is 1. The van der Waals surface area contributed by atoms with Crippen LogP contribution in [-0.2, 0) is 6.54 Å². The molecule has 4 rings (SSSR count). The second-order valence-electron chi connectivity index (χ2n) is 6.30. The zero-order valence-electron chi connectivity index (χ0n) is 13.6. The fraction of sp³-hybridized carbons (Fsp3) is 0.412. The average molecular weight is 324 g/mol. The van der Waals surface area contributed by atoms with Gasteiger partial charge in [-0.25, -0.2) is 9.97 Å². The zero-order chi connectivity index (χ0) is 16.5. The number of piperidine rings is 1. The van der Waals surface area contributed by atoms with Crippen LogP contribution in [0.25, 0.3) is 10.9 Å². The molecule has 2 N–H and O–H groups in total. The minimum absolute atomic E-state index is 0.276. The summed E-state index contributed by atoms with van der Waals surface area (Å²) >= 11 is 0. The number of nitrogen functional groups attached to an aromatic ring is 1. The van der Waals surface area contributed by atoms with Crippen molar-refractivity contribution < 1.29 is 4.52 Å². The van der Waals surface area contributed by atoms with E-state index in [1.54, 1.807) is 0 Å². The standard InChI is InChI=1S/C17H20N6O/c1-11-19-17(24-22-11)12-5-4-8-23(9-12)10-15-20-14-7-3-2-6-13(14)16(18)21-15/h2-3,6-7,12H,4-5,8-10H2,1H3,(H2,18,20,21)/t12-/m1/s1. The van der Waals surface area contributed by atoms with Crippen LogP contribution in [0.2, 0.25) is 0 Å². The van der Waals surface area contributed by atoms with E-state index in [0.717, 1.165) is 48.5 Å². The zero-order valence-corrected chi connectivity index (χ0v) is 13.6. The number of hydrogen-bond donors (Lipinski definition) is 1. The van der Waals surface area contributed by atoms with Gasteiger partial charge in [0.15, 0.2) is 5.82 Å². The Morgan fingerprint density at radius 3 is 2.96 bits per heavy atom. The lowest BCUT2D eigenvalue weighted by Gasteiger charge is -2.30. The van der Waals surface area contributed by atoms with Gasteiger partial charge in [-0.2, -0.15) is 4.98 Å². The summed E-state index contributed by atoms with van der Waals surface area (Å²) in [5.74, 6) is 2.99. The molecule has 124 valence electrons. The number of aryl methyl sites for hydroxylation is 1. The highest BCUT2D eigenvalue weighted by Gasteiger charge is 2.26. The first-order valence-corrected chi connectivity index (χ1v) is 8.23. The predicted octanol–water partition coefficient (Wildman–Crippen LogP) is 2.28. The Hall–Kier alpha value is -2.54. The number of para-hydroxylation sites is 1. The van der Waals surface area contributed by atoms with E-state index in [2.05, 4.69) is 25.0 Å². The first-order valence-electron chi connectivity index (χ1n) is 8.23. The van der Waals surface area contributed by atoms with E-state index in [-0.39, 0.29) is 5.92 Å². The van der Waals surface area contributed by atoms with Crippen LogP contribution >= 0.6 is 0 Å². The van der Waals surface area contributed by atoms with E-state index in [1.165, 1.54) is 0 Å². The molecule has 1 saturated heterocycles. The molecule has 0 radical (unpaired) electrons. The molecule has 7 nitrogen and oxygen atoms in total. The van der Waals surface area contributed by atoms with Gasteiger partial charge in [0.2, 0.25) is 5.89 Å². The largest absolute Gasteiger partial charge is 0.383 e. The summed E-state index contributed by atoms with van der Waals surface area (Å²) in [7, 11) is 0. The van der Waals surface area contributed by atoms with Crippen molar-refractivity contribution in [2.24, 2.45) is 0 Å². The van der Waals surface area contributed by atoms with Crippen molar-refractivity contribution in [2.45, 2.75) is 32.2 Å². The highest BCUT2D eigenvalue weighted by atomic mass is 16.5. The first kappa shape index (κ1) is 15.0. The summed E-state index contributed by atoms with van der Waals surface area (Å²) < 4.78 is 5.34. The van der Waals surface area contributed by atoms with Crippen LogP contribution in [-0.4, -0.2) is 38.1 Å². The Bertz CT molecular complexity index is 861. The Labute approximate surface area is 139 Å². The number of benzene rings is 1. The van der Waals surface area contributed by atoms with E-state index in [9.17, 15) is 0 Å². The number of nitrogens with two attached hydrogens (primary N) is 1. The number of likely N-dealkylation sites (tertiary alicyclic amines) is 1. The smallest absolute Gasteiger partial charge is 0.231 e. The van der Waals surface area contributed by atoms with Crippen LogP contribution in [0.15, 0.2) is 28.8 Å². The van der Waals surface area contributed by atoms with Gasteiger partial charge in [-0.15, -0.1) is 0 Å². The van der Waals surface area contributed by atoms with Crippen LogP contribution < -0.4 is 5.73 Å². The van der Waals surface area contributed by atoms with Crippen molar-refractivity contribution in [3.8, 4) is 0 Å². The van der Waals surface area contributed by atoms with Crippen LogP contribution in [0, 0.1) is 6.92 Å². The van der Waals surface area contributed by atoms with Crippen molar-refractivity contribution in [3.05, 3.63) is 41.8 Å². The third-order valence-electron chi connectivity index (χ3n) is 4.44. The lowest BCUT2D eigenvalue weighted by atomic mass is 9.98. The minimum Gasteiger partial charge on any atom is -0.383 e. The molecule has 0 spiro atoms. The molecule has 1 aliphatic rings. The average Bonchev–Trinajstić information content (AvgIpc) is 3.02. The monoisotopic (exact) mass is 324 g/mol. The number of aromatic nitrogens is 4. The number of rotatable bonds is 3. The van der Waals surface area contributed by atoms with Crippen LogP contribution in [0.3, 0.4) is 0 Å². The fourth-order valence-electron chi connectivity index (χ4n) is 3.30. The van der Waals surface area contributed by atoms with Gasteiger partial charge < -0.3 is 10.3 Å². The summed E-state index contributed by atoms with van der Waals surface area (Å²) in [5, 5.41) is 4.80. The normalized spacial score (nSPS) is 19.0. The molecule has 0 aliphatic carbocycles. The molecule has 1 aromatic carbocycles. The topological polar surface area (TPSA) is 94.0 Å². The van der Waals surface area contributed by atoms with Crippen LogP contribution in [0.5, 0.6) is 0 Å². The molecule has 3 heterocycles. The van der Waals surface area contributed by atoms with Crippen molar-refractivity contribution >= 4 is 16.7 Å². The molecule has 0 unspecified atom stereocenters. The third kappa shape index (κ3) is 2.94. The van der Waals surface area contributed by atoms with Gasteiger partial charge in [0.05, 0.1) is 18.0 Å². The van der Waals surface area contributed by atoms with Crippen molar-refractivity contribution in [3.63, 3.8) is 0 Å². The predicted molar refractivity (Wildman–Crippen MR) is 90.2 cm³/mol. The van der Waals surface area contributed by atoms with Gasteiger partial charge in [0.1, 0.15) is 11.6 Å². The van der Waals surface area contributed by atoms with E-state index in [0.29, 0.717) is 18.2 Å². The second-order valence-corrected chi connectivity index (χ2v) is 6.30. The highest BCUT2D eigenvalue weighted by Crippen LogP contribution is 2.26. The quantitative estimate of drug-likeness (QED) is 0.789. The van der Waals surface area contributed by atoms with Gasteiger partial charge in [0, 0.05) is 11.9 Å². The molecule has 1 fully saturated rings. The SMILES string of the molecule is Cc1noc([C@@H]2CCCN(Cc3nc(N)c4ccccc4n3)C2)n1. The van der Waals surface area contributed by atoms with E-state index < -0.39 is 0 Å². The summed E-state index contributed by atoms with van der Waals surface area (Å²) in [4.78, 5) is 15.8. The Kier molecular flexibility index (Phi) is 3.86. The fourth-order valence-corrected chi connectivity index (χ4v) is 3.30. The van der Waals surface area contributed by atoms with Crippen LogP contribution in [0.1, 0.15) is 36.3 Å². The van der Waals surface area contributed by atoms with Gasteiger partial charge in [-0.05, 0) is 38.4 Å². The maximum atomic E-state index is 6.08. The molecule has 0 bridgehead atoms. The summed E-state index contributed by atoms with van der Waals surface area (Å²) in [6, 6.07) is 7.83. The number of fused-ring (bicyclic) bond motifs is 1. The minimum atomic E-state index is 0.276. The lowest BCUT2D eigenvalue weighted by Crippen LogP contribution is -2.34. The van der Waals surface area contributed by atoms with Gasteiger partial charge >= 0.3 is 0 Å². The molecule has 7 heteroatoms. The highest BCUT2D eigenvalue weighted by molar-refractivity contribution is 5.87. The van der Waals surface area contributed by atoms with E-state index in [1.807, 2.05) is 31.2 Å². The van der Waals surface area contributed by atoms with Crippen molar-refractivity contribution in [2.75, 3.05) is 18.8 Å². The second kappa shape index (κ2) is 6.16. The lowest BCUT2D eigenvalue weighted by molar-refractivity contribution is 0.177. The molecular weight excluding hydrogens is 304 g/mol. The number of nitrogens with zero attached hydrogens (tertiary/aromatic N) is 5. The summed E-state index contributed by atoms with van der Waals surface area (Å²) in [6.07, 6.45) is 2.16. The Morgan fingerprint density at radius 1 is 1.25 bits per heavy atom. The maximum absolute atomic E-state index is 6.08. The third-order valence-corrected chi connectivity index (χ3v) is 4.44. The molecule has 24 heavy (non-hydrogen) atoms. The first-order chi connectivity index (χ1) is 11.7. The summed E-state index contributed by atoms with van der Waals surface area (Å²) in [6.45, 7) is 4.41. The molecular formula is C17H20N6O. The molecule has 3 aromatic rings. The van der Waals surface area contributed by atoms with Crippen molar-refractivity contribution in [1.82, 2.24) is 25.0 Å². The molecule has 1 aliphatic heterocycles. The van der Waals surface area contributed by atoms with Gasteiger partial charge in [0.25, 0.3) is 0 Å². The van der Waals surface area contributed by atoms with Crippen LogP contribution in [0.4, 0.5) is 5.82 Å². The molecule has 0 saturated carbocycles.